The lowest BCUT2D eigenvalue weighted by molar-refractivity contribution is -0.138. The van der Waals surface area contributed by atoms with Gasteiger partial charge in [-0.2, -0.15) is 11.8 Å². The van der Waals surface area contributed by atoms with Gasteiger partial charge >= 0.3 is 5.97 Å². The second-order valence-corrected chi connectivity index (χ2v) is 9.25. The van der Waals surface area contributed by atoms with E-state index in [1.807, 2.05) is 0 Å². The van der Waals surface area contributed by atoms with Gasteiger partial charge in [0, 0.05) is 5.75 Å². The maximum absolute atomic E-state index is 11.5. The van der Waals surface area contributed by atoms with Gasteiger partial charge in [0.1, 0.15) is 6.54 Å². The zero-order valence-corrected chi connectivity index (χ0v) is 19.6. The van der Waals surface area contributed by atoms with Crippen LogP contribution in [0.25, 0.3) is 0 Å². The quantitative estimate of drug-likeness (QED) is 0.197. The molecule has 1 amide bonds. The highest BCUT2D eigenvalue weighted by atomic mass is 32.2. The summed E-state index contributed by atoms with van der Waals surface area (Å²) < 4.78 is 0. The van der Waals surface area contributed by atoms with Crippen LogP contribution in [-0.2, 0) is 9.59 Å². The minimum absolute atomic E-state index is 0.365. The molecule has 0 aromatic carbocycles. The normalized spacial score (nSPS) is 12.1. The van der Waals surface area contributed by atoms with Crippen molar-refractivity contribution < 1.29 is 14.7 Å². The van der Waals surface area contributed by atoms with Gasteiger partial charge in [-0.15, -0.1) is 0 Å². The number of carboxylic acid groups (broad SMARTS) is 1. The summed E-state index contributed by atoms with van der Waals surface area (Å²) >= 11 is 1.68. The van der Waals surface area contributed by atoms with E-state index in [0.29, 0.717) is 5.75 Å². The van der Waals surface area contributed by atoms with Gasteiger partial charge in [-0.1, -0.05) is 103 Å². The third kappa shape index (κ3) is 21.8. The summed E-state index contributed by atoms with van der Waals surface area (Å²) in [6.07, 6.45) is 21.9. The number of nitrogens with one attached hydrogen (secondary N) is 1. The number of thioether (sulfide) groups is 1. The Morgan fingerprint density at radius 1 is 0.793 bits per heavy atom. The summed E-state index contributed by atoms with van der Waals surface area (Å²) in [5, 5.41) is 10.8. The predicted octanol–water partition coefficient (Wildman–Crippen LogP) is 5.51. The lowest BCUT2D eigenvalue weighted by atomic mass is 10.0. The van der Waals surface area contributed by atoms with Crippen LogP contribution in [0.15, 0.2) is 0 Å². The molecular formula is C23H46N2O3S. The first-order chi connectivity index (χ1) is 14.1. The van der Waals surface area contributed by atoms with Crippen LogP contribution in [-0.4, -0.2) is 41.1 Å². The van der Waals surface area contributed by atoms with Crippen LogP contribution in [0.4, 0.5) is 0 Å². The van der Waals surface area contributed by atoms with Crippen molar-refractivity contribution >= 4 is 23.6 Å². The van der Waals surface area contributed by atoms with Crippen LogP contribution in [0.2, 0.25) is 0 Å². The van der Waals surface area contributed by atoms with Gasteiger partial charge in [0.15, 0.2) is 0 Å². The summed E-state index contributed by atoms with van der Waals surface area (Å²) in [6.45, 7) is 1.91. The zero-order chi connectivity index (χ0) is 21.6. The number of carboxylic acids is 1. The number of aliphatic carboxylic acids is 1. The van der Waals surface area contributed by atoms with E-state index in [0.717, 1.165) is 12.2 Å². The molecule has 0 aliphatic heterocycles. The monoisotopic (exact) mass is 430 g/mol. The Hall–Kier alpha value is -0.750. The van der Waals surface area contributed by atoms with Gasteiger partial charge < -0.3 is 16.2 Å². The van der Waals surface area contributed by atoms with E-state index in [1.54, 1.807) is 11.8 Å². The molecule has 1 atom stereocenters. The van der Waals surface area contributed by atoms with E-state index in [1.165, 1.54) is 96.3 Å². The number of nitrogens with two attached hydrogens (primary N) is 1. The number of carbonyl (C=O) groups excluding carboxylic acids is 1. The molecule has 6 heteroatoms. The van der Waals surface area contributed by atoms with Crippen LogP contribution in [0.5, 0.6) is 0 Å². The summed E-state index contributed by atoms with van der Waals surface area (Å²) in [7, 11) is 0. The molecule has 0 unspecified atom stereocenters. The Bertz CT molecular complexity index is 394. The average Bonchev–Trinajstić information content (AvgIpc) is 2.70. The van der Waals surface area contributed by atoms with Gasteiger partial charge in [0.2, 0.25) is 5.91 Å². The molecule has 0 rings (SSSR count). The Labute approximate surface area is 183 Å². The van der Waals surface area contributed by atoms with Gasteiger partial charge in [0.25, 0.3) is 0 Å². The predicted molar refractivity (Wildman–Crippen MR) is 125 cm³/mol. The van der Waals surface area contributed by atoms with E-state index in [-0.39, 0.29) is 12.5 Å². The molecule has 172 valence electrons. The van der Waals surface area contributed by atoms with Crippen molar-refractivity contribution in [3.05, 3.63) is 0 Å². The van der Waals surface area contributed by atoms with E-state index >= 15 is 0 Å². The molecule has 0 aliphatic carbocycles. The first-order valence-electron chi connectivity index (χ1n) is 11.9. The van der Waals surface area contributed by atoms with Crippen molar-refractivity contribution in [3.63, 3.8) is 0 Å². The highest BCUT2D eigenvalue weighted by Crippen LogP contribution is 2.14. The fraction of sp³-hybridized carbons (Fsp3) is 0.913. The highest BCUT2D eigenvalue weighted by molar-refractivity contribution is 7.99. The molecule has 4 N–H and O–H groups in total. The van der Waals surface area contributed by atoms with E-state index < -0.39 is 12.0 Å². The molecule has 0 heterocycles. The van der Waals surface area contributed by atoms with Crippen molar-refractivity contribution in [1.82, 2.24) is 5.32 Å². The van der Waals surface area contributed by atoms with Crippen LogP contribution in [0.1, 0.15) is 110 Å². The fourth-order valence-electron chi connectivity index (χ4n) is 3.33. The lowest BCUT2D eigenvalue weighted by Crippen LogP contribution is -2.44. The van der Waals surface area contributed by atoms with Crippen LogP contribution in [0.3, 0.4) is 0 Å². The van der Waals surface area contributed by atoms with Crippen LogP contribution in [0, 0.1) is 0 Å². The number of rotatable bonds is 22. The third-order valence-corrected chi connectivity index (χ3v) is 6.36. The minimum atomic E-state index is -1.05. The van der Waals surface area contributed by atoms with Crippen molar-refractivity contribution in [2.45, 2.75) is 116 Å². The van der Waals surface area contributed by atoms with Crippen LogP contribution < -0.4 is 11.1 Å². The van der Waals surface area contributed by atoms with Gasteiger partial charge in [0.05, 0.1) is 6.04 Å². The maximum Gasteiger partial charge on any atom is 0.322 e. The molecule has 0 aromatic rings. The Morgan fingerprint density at radius 2 is 1.21 bits per heavy atom. The molecule has 5 nitrogen and oxygen atoms in total. The van der Waals surface area contributed by atoms with Gasteiger partial charge in [-0.05, 0) is 12.2 Å². The Morgan fingerprint density at radius 3 is 1.62 bits per heavy atom. The summed E-state index contributed by atoms with van der Waals surface area (Å²) in [4.78, 5) is 21.9. The number of hydrogen-bond acceptors (Lipinski definition) is 4. The second-order valence-electron chi connectivity index (χ2n) is 8.10. The SMILES string of the molecule is CCCCCCCCCCCCCCCCCCSC[C@@H](N)C(=O)NCC(=O)O. The molecule has 0 saturated carbocycles. The minimum Gasteiger partial charge on any atom is -0.480 e. The summed E-state index contributed by atoms with van der Waals surface area (Å²) in [5.41, 5.74) is 5.75. The topological polar surface area (TPSA) is 92.4 Å². The van der Waals surface area contributed by atoms with Gasteiger partial charge in [-0.3, -0.25) is 9.59 Å². The molecule has 0 bridgehead atoms. The smallest absolute Gasteiger partial charge is 0.322 e. The Kier molecular flexibility index (Phi) is 21.4. The van der Waals surface area contributed by atoms with Crippen molar-refractivity contribution in [2.24, 2.45) is 5.73 Å². The van der Waals surface area contributed by atoms with Crippen molar-refractivity contribution in [1.29, 1.82) is 0 Å². The average molecular weight is 431 g/mol. The van der Waals surface area contributed by atoms with Crippen LogP contribution >= 0.6 is 11.8 Å². The number of unbranched alkanes of at least 4 members (excludes halogenated alkanes) is 15. The summed E-state index contributed by atoms with van der Waals surface area (Å²) in [6, 6.07) is -0.625. The third-order valence-electron chi connectivity index (χ3n) is 5.19. The summed E-state index contributed by atoms with van der Waals surface area (Å²) in [5.74, 6) is 0.126. The van der Waals surface area contributed by atoms with Crippen molar-refractivity contribution in [2.75, 3.05) is 18.1 Å². The molecular weight excluding hydrogens is 384 g/mol. The van der Waals surface area contributed by atoms with E-state index in [4.69, 9.17) is 10.8 Å². The maximum atomic E-state index is 11.5. The fourth-order valence-corrected chi connectivity index (χ4v) is 4.31. The molecule has 0 saturated heterocycles. The molecule has 0 radical (unpaired) electrons. The largest absolute Gasteiger partial charge is 0.480 e. The number of carbonyl (C=O) groups is 2. The molecule has 0 fully saturated rings. The van der Waals surface area contributed by atoms with E-state index in [9.17, 15) is 9.59 Å². The number of hydrogen-bond donors (Lipinski definition) is 3. The molecule has 0 aliphatic rings. The van der Waals surface area contributed by atoms with Gasteiger partial charge in [-0.25, -0.2) is 0 Å². The lowest BCUT2D eigenvalue weighted by Gasteiger charge is -2.10. The first-order valence-corrected chi connectivity index (χ1v) is 13.1. The van der Waals surface area contributed by atoms with Crippen molar-refractivity contribution in [3.8, 4) is 0 Å². The second kappa shape index (κ2) is 21.9. The standard InChI is InChI=1S/C23H46N2O3S/c1-2-3-4-5-6-7-8-9-10-11-12-13-14-15-16-17-18-29-20-21(24)23(28)25-19-22(26)27/h21H,2-20,24H2,1H3,(H,25,28)(H,26,27)/t21-/m1/s1. The molecule has 29 heavy (non-hydrogen) atoms. The first kappa shape index (κ1) is 28.2. The molecule has 0 aromatic heterocycles. The van der Waals surface area contributed by atoms with E-state index in [2.05, 4.69) is 12.2 Å². The number of amides is 1. The molecule has 0 spiro atoms. The Balaban J connectivity index is 3.20. The highest BCUT2D eigenvalue weighted by Gasteiger charge is 2.13. The zero-order valence-electron chi connectivity index (χ0n) is 18.8.